The molecule has 5 aromatic carbocycles. The Hall–Kier alpha value is -7.20. The third-order valence-electron chi connectivity index (χ3n) is 9.29. The average molecular weight is 643 g/mol. The van der Waals surface area contributed by atoms with Gasteiger partial charge in [0.2, 0.25) is 0 Å². The smallest absolute Gasteiger partial charge is 0.164 e. The van der Waals surface area contributed by atoms with E-state index in [-0.39, 0.29) is 0 Å². The summed E-state index contributed by atoms with van der Waals surface area (Å²) in [5.41, 5.74) is 7.91. The van der Waals surface area contributed by atoms with Gasteiger partial charge in [-0.3, -0.25) is 0 Å². The van der Waals surface area contributed by atoms with Gasteiger partial charge < -0.3 is 9.97 Å². The number of fused-ring (bicyclic) bond motifs is 25. The predicted molar refractivity (Wildman–Crippen MR) is 194 cm³/mol. The summed E-state index contributed by atoms with van der Waals surface area (Å²) < 4.78 is 0. The molecule has 0 saturated heterocycles. The molecule has 0 amide bonds. The first-order valence-electron chi connectivity index (χ1n) is 16.2. The molecular formula is C40H22N10. The maximum absolute atomic E-state index is 5.09. The third-order valence-corrected chi connectivity index (χ3v) is 9.29. The lowest BCUT2D eigenvalue weighted by Crippen LogP contribution is -1.84. The molecule has 10 nitrogen and oxygen atoms in total. The van der Waals surface area contributed by atoms with Crippen LogP contribution in [-0.2, 0) is 0 Å². The molecule has 10 bridgehead atoms. The van der Waals surface area contributed by atoms with Crippen LogP contribution >= 0.6 is 0 Å². The second-order valence-electron chi connectivity index (χ2n) is 12.2. The molecule has 11 rings (SSSR count). The van der Waals surface area contributed by atoms with Gasteiger partial charge in [0.1, 0.15) is 22.6 Å². The Labute approximate surface area is 283 Å². The lowest BCUT2D eigenvalue weighted by molar-refractivity contribution is 1.16. The van der Waals surface area contributed by atoms with E-state index >= 15 is 0 Å². The molecule has 3 aliphatic heterocycles. The van der Waals surface area contributed by atoms with Crippen molar-refractivity contribution in [3.8, 4) is 68.3 Å². The summed E-state index contributed by atoms with van der Waals surface area (Å²) in [6.07, 6.45) is 0. The predicted octanol–water partition coefficient (Wildman–Crippen LogP) is 8.43. The maximum atomic E-state index is 5.09. The highest BCUT2D eigenvalue weighted by atomic mass is 15.1. The standard InChI is InChI=1S/C40H22N10/c1-2-12-22-21(11-1)31-41-32(22)47-34-25-15-5-6-16-26(25)36(43-34)49-38-29-19-9-10-20-30(29)40(45-38)50-39-28-18-8-7-17-27(28)37(44-39)48-35-24-14-4-3-13-23(24)33(42-35)46-31/h1-20H,(H2,41,42,43,44,45,46,47,48,49,50). The minimum Gasteiger partial charge on any atom is -0.324 e. The van der Waals surface area contributed by atoms with Gasteiger partial charge in [-0.1, -0.05) is 121 Å². The van der Waals surface area contributed by atoms with Gasteiger partial charge in [0.25, 0.3) is 0 Å². The van der Waals surface area contributed by atoms with Crippen molar-refractivity contribution in [2.45, 2.75) is 0 Å². The molecule has 0 fully saturated rings. The molecule has 0 aliphatic carbocycles. The monoisotopic (exact) mass is 642 g/mol. The summed E-state index contributed by atoms with van der Waals surface area (Å²) in [4.78, 5) is 47.3. The number of benzene rings is 5. The minimum absolute atomic E-state index is 0.538. The van der Waals surface area contributed by atoms with Gasteiger partial charge in [-0.05, 0) is 0 Å². The summed E-state index contributed by atoms with van der Waals surface area (Å²) in [5, 5.41) is 3.68. The van der Waals surface area contributed by atoms with E-state index in [0.29, 0.717) is 57.5 Å². The summed E-state index contributed by atoms with van der Waals surface area (Å²) in [6.45, 7) is 0. The van der Waals surface area contributed by atoms with Gasteiger partial charge in [0.05, 0.1) is 0 Å². The van der Waals surface area contributed by atoms with Crippen LogP contribution in [-0.4, -0.2) is 49.8 Å². The Kier molecular flexibility index (Phi) is 5.44. The quantitative estimate of drug-likeness (QED) is 0.168. The lowest BCUT2D eigenvalue weighted by atomic mass is 10.1. The second-order valence-corrected chi connectivity index (χ2v) is 12.2. The normalized spacial score (nSPS) is 12.0. The summed E-state index contributed by atoms with van der Waals surface area (Å²) in [7, 11) is 0. The molecule has 0 spiro atoms. The van der Waals surface area contributed by atoms with Crippen LogP contribution in [0.5, 0.6) is 0 Å². The van der Waals surface area contributed by atoms with Crippen molar-refractivity contribution in [1.82, 2.24) is 49.8 Å². The minimum atomic E-state index is 0.538. The molecular weight excluding hydrogens is 621 g/mol. The number of nitrogens with one attached hydrogen (secondary N) is 2. The van der Waals surface area contributed by atoms with Crippen molar-refractivity contribution >= 4 is 44.1 Å². The fourth-order valence-electron chi connectivity index (χ4n) is 6.96. The van der Waals surface area contributed by atoms with Crippen LogP contribution in [0.25, 0.3) is 112 Å². The first-order chi connectivity index (χ1) is 24.7. The molecule has 0 atom stereocenters. The van der Waals surface area contributed by atoms with E-state index in [2.05, 4.69) is 9.97 Å². The first-order valence-corrected chi connectivity index (χ1v) is 16.2. The van der Waals surface area contributed by atoms with Gasteiger partial charge in [-0.25, -0.2) is 39.9 Å². The Morgan fingerprint density at radius 2 is 0.440 bits per heavy atom. The van der Waals surface area contributed by atoms with Crippen LogP contribution in [0.1, 0.15) is 0 Å². The molecule has 2 N–H and O–H groups in total. The maximum Gasteiger partial charge on any atom is 0.164 e. The second kappa shape index (κ2) is 10.1. The van der Waals surface area contributed by atoms with E-state index in [0.717, 1.165) is 54.9 Å². The zero-order valence-corrected chi connectivity index (χ0v) is 26.1. The molecule has 50 heavy (non-hydrogen) atoms. The molecule has 3 aromatic heterocycles. The van der Waals surface area contributed by atoms with E-state index in [1.807, 2.05) is 121 Å². The molecule has 0 radical (unpaired) electrons. The molecule has 6 heterocycles. The number of hydrogen-bond acceptors (Lipinski definition) is 8. The van der Waals surface area contributed by atoms with E-state index in [9.17, 15) is 0 Å². The van der Waals surface area contributed by atoms with Crippen molar-refractivity contribution in [3.05, 3.63) is 121 Å². The highest BCUT2D eigenvalue weighted by Crippen LogP contribution is 2.38. The summed E-state index contributed by atoms with van der Waals surface area (Å²) in [6, 6.07) is 40.1. The number of aromatic nitrogens is 10. The topological polar surface area (TPSA) is 135 Å². The van der Waals surface area contributed by atoms with Crippen LogP contribution in [0.15, 0.2) is 121 Å². The van der Waals surface area contributed by atoms with Gasteiger partial charge in [-0.2, -0.15) is 0 Å². The lowest BCUT2D eigenvalue weighted by Gasteiger charge is -1.98. The largest absolute Gasteiger partial charge is 0.324 e. The molecule has 8 aromatic rings. The Morgan fingerprint density at radius 3 is 0.680 bits per heavy atom. The number of hydrogen-bond donors (Lipinski definition) is 2. The van der Waals surface area contributed by atoms with Crippen LogP contribution in [0.4, 0.5) is 0 Å². The van der Waals surface area contributed by atoms with Crippen LogP contribution < -0.4 is 0 Å². The molecule has 10 heteroatoms. The van der Waals surface area contributed by atoms with Crippen LogP contribution in [0, 0.1) is 0 Å². The van der Waals surface area contributed by atoms with E-state index in [1.54, 1.807) is 0 Å². The molecule has 0 unspecified atom stereocenters. The van der Waals surface area contributed by atoms with Crippen molar-refractivity contribution in [2.75, 3.05) is 0 Å². The van der Waals surface area contributed by atoms with E-state index in [1.165, 1.54) is 0 Å². The number of aromatic amines is 2. The van der Waals surface area contributed by atoms with Crippen molar-refractivity contribution in [2.24, 2.45) is 0 Å². The van der Waals surface area contributed by atoms with Gasteiger partial charge in [0, 0.05) is 54.9 Å². The fourth-order valence-corrected chi connectivity index (χ4v) is 6.96. The zero-order valence-electron chi connectivity index (χ0n) is 26.1. The first kappa shape index (κ1) is 26.8. The molecule has 232 valence electrons. The van der Waals surface area contributed by atoms with Gasteiger partial charge >= 0.3 is 0 Å². The highest BCUT2D eigenvalue weighted by Gasteiger charge is 2.24. The van der Waals surface area contributed by atoms with Crippen molar-refractivity contribution < 1.29 is 0 Å². The Balaban J connectivity index is 1.33. The van der Waals surface area contributed by atoms with Crippen molar-refractivity contribution in [1.29, 1.82) is 0 Å². The van der Waals surface area contributed by atoms with Crippen LogP contribution in [0.2, 0.25) is 0 Å². The van der Waals surface area contributed by atoms with Gasteiger partial charge in [0.15, 0.2) is 34.9 Å². The fraction of sp³-hybridized carbons (Fsp3) is 0. The van der Waals surface area contributed by atoms with Gasteiger partial charge in [-0.15, -0.1) is 0 Å². The third kappa shape index (κ3) is 3.96. The zero-order chi connectivity index (χ0) is 32.8. The Morgan fingerprint density at radius 1 is 0.240 bits per heavy atom. The highest BCUT2D eigenvalue weighted by molar-refractivity contribution is 6.06. The van der Waals surface area contributed by atoms with Crippen LogP contribution in [0.3, 0.4) is 0 Å². The van der Waals surface area contributed by atoms with E-state index < -0.39 is 0 Å². The summed E-state index contributed by atoms with van der Waals surface area (Å²) >= 11 is 0. The molecule has 0 saturated carbocycles. The number of H-pyrrole nitrogens is 2. The summed E-state index contributed by atoms with van der Waals surface area (Å²) in [5.74, 6) is 3.30. The average Bonchev–Trinajstić information content (AvgIpc) is 3.96. The number of rotatable bonds is 0. The van der Waals surface area contributed by atoms with E-state index in [4.69, 9.17) is 39.9 Å². The number of nitrogens with zero attached hydrogens (tertiary/aromatic N) is 8. The van der Waals surface area contributed by atoms with Crippen molar-refractivity contribution in [3.63, 3.8) is 0 Å². The Bertz CT molecular complexity index is 2810. The molecule has 3 aliphatic rings. The SMILES string of the molecule is c1ccc2c(c1)-c1nc3nc(nc4[nH]c(nc5nc(nc6[nH]c(nc-2n1)c1ccccc61)-c1ccccc1-5)c1ccccc41)-c1ccccc1-3.